The van der Waals surface area contributed by atoms with E-state index in [9.17, 15) is 61.0 Å². The van der Waals surface area contributed by atoms with Crippen LogP contribution in [0, 0.1) is 0 Å². The van der Waals surface area contributed by atoms with Crippen LogP contribution in [0.15, 0.2) is 0 Å². The summed E-state index contributed by atoms with van der Waals surface area (Å²) < 4.78 is 34.2. The summed E-state index contributed by atoms with van der Waals surface area (Å²) >= 11 is 0. The van der Waals surface area contributed by atoms with Gasteiger partial charge in [0.05, 0.1) is 38.6 Å². The van der Waals surface area contributed by atoms with Gasteiger partial charge in [0.1, 0.15) is 73.2 Å². The predicted molar refractivity (Wildman–Crippen MR) is 287 cm³/mol. The summed E-state index contributed by atoms with van der Waals surface area (Å²) in [5, 5.41) is 120. The van der Waals surface area contributed by atoms with Crippen molar-refractivity contribution in [3.63, 3.8) is 0 Å². The van der Waals surface area contributed by atoms with E-state index in [1.165, 1.54) is 148 Å². The molecule has 0 radical (unpaired) electrons. The molecule has 0 spiro atoms. The number of unbranched alkanes of at least 4 members (excludes halogenated alkanes) is 29. The molecule has 450 valence electrons. The summed E-state index contributed by atoms with van der Waals surface area (Å²) in [4.78, 5) is 13.3. The van der Waals surface area contributed by atoms with Gasteiger partial charge >= 0.3 is 0 Å². The predicted octanol–water partition coefficient (Wildman–Crippen LogP) is 5.21. The van der Waals surface area contributed by atoms with Gasteiger partial charge in [0.25, 0.3) is 0 Å². The molecule has 0 saturated carbocycles. The van der Waals surface area contributed by atoms with Crippen LogP contribution in [0.5, 0.6) is 0 Å². The molecule has 0 bridgehead atoms. The molecule has 3 fully saturated rings. The summed E-state index contributed by atoms with van der Waals surface area (Å²) in [5.74, 6) is -0.242. The van der Waals surface area contributed by atoms with Gasteiger partial charge in [-0.2, -0.15) is 0 Å². The van der Waals surface area contributed by atoms with Crippen LogP contribution in [0.3, 0.4) is 0 Å². The zero-order valence-electron chi connectivity index (χ0n) is 46.8. The highest BCUT2D eigenvalue weighted by Crippen LogP contribution is 2.33. The highest BCUT2D eigenvalue weighted by Gasteiger charge is 2.53. The van der Waals surface area contributed by atoms with Crippen LogP contribution in [-0.4, -0.2) is 193 Å². The third-order valence-corrected chi connectivity index (χ3v) is 15.7. The van der Waals surface area contributed by atoms with Crippen molar-refractivity contribution in [2.24, 2.45) is 0 Å². The number of nitrogens with one attached hydrogen (secondary N) is 1. The van der Waals surface area contributed by atoms with Crippen molar-refractivity contribution in [2.45, 2.75) is 330 Å². The molecule has 3 aliphatic heterocycles. The molecule has 1 amide bonds. The summed E-state index contributed by atoms with van der Waals surface area (Å²) in [5.41, 5.74) is 0. The molecule has 76 heavy (non-hydrogen) atoms. The Morgan fingerprint density at radius 1 is 0.421 bits per heavy atom. The second kappa shape index (κ2) is 41.7. The first-order chi connectivity index (χ1) is 36.8. The molecule has 17 unspecified atom stereocenters. The standard InChI is InChI=1S/C57H109NO18/c1-3-5-7-9-11-13-14-15-16-17-18-19-20-21-22-23-24-25-26-27-29-31-33-35-45(63)58-40(41(62)34-32-30-28-12-10-8-6-4-2)39-71-55-51(69)48(66)53(43(37-60)73-55)76-57-52(70)49(67)54(44(38-61)74-57)75-56-50(68)47(65)46(64)42(36-59)72-56/h40-44,46-57,59-62,64-70H,3-39H2,1-2H3,(H,58,63). The Labute approximate surface area is 455 Å². The van der Waals surface area contributed by atoms with E-state index in [2.05, 4.69) is 19.2 Å². The van der Waals surface area contributed by atoms with Crippen LogP contribution in [0.1, 0.15) is 226 Å². The fourth-order valence-corrected chi connectivity index (χ4v) is 10.7. The summed E-state index contributed by atoms with van der Waals surface area (Å²) in [6.45, 7) is 1.76. The maximum atomic E-state index is 13.3. The van der Waals surface area contributed by atoms with E-state index in [1.54, 1.807) is 0 Å². The van der Waals surface area contributed by atoms with Crippen molar-refractivity contribution >= 4 is 5.91 Å². The fraction of sp³-hybridized carbons (Fsp3) is 0.982. The molecular formula is C57H109NO18. The number of rotatable bonds is 45. The smallest absolute Gasteiger partial charge is 0.220 e. The van der Waals surface area contributed by atoms with Crippen molar-refractivity contribution in [1.82, 2.24) is 5.32 Å². The topological polar surface area (TPSA) is 307 Å². The van der Waals surface area contributed by atoms with E-state index in [-0.39, 0.29) is 18.9 Å². The van der Waals surface area contributed by atoms with Gasteiger partial charge in [0.2, 0.25) is 5.91 Å². The van der Waals surface area contributed by atoms with Crippen LogP contribution in [-0.2, 0) is 33.2 Å². The molecule has 12 N–H and O–H groups in total. The van der Waals surface area contributed by atoms with Gasteiger partial charge in [0.15, 0.2) is 18.9 Å². The molecule has 0 aliphatic carbocycles. The Hall–Kier alpha value is -1.21. The zero-order chi connectivity index (χ0) is 55.5. The Balaban J connectivity index is 1.41. The quantitative estimate of drug-likeness (QED) is 0.0348. The Morgan fingerprint density at radius 2 is 0.750 bits per heavy atom. The second-order valence-electron chi connectivity index (χ2n) is 22.2. The molecule has 19 heteroatoms. The molecule has 17 atom stereocenters. The molecule has 3 heterocycles. The number of aliphatic hydroxyl groups excluding tert-OH is 11. The monoisotopic (exact) mass is 1100 g/mol. The van der Waals surface area contributed by atoms with E-state index in [0.717, 1.165) is 44.9 Å². The van der Waals surface area contributed by atoms with Crippen molar-refractivity contribution in [1.29, 1.82) is 0 Å². The van der Waals surface area contributed by atoms with Crippen LogP contribution in [0.2, 0.25) is 0 Å². The van der Waals surface area contributed by atoms with E-state index in [4.69, 9.17) is 28.4 Å². The molecule has 0 aromatic rings. The number of hydrogen-bond donors (Lipinski definition) is 12. The fourth-order valence-electron chi connectivity index (χ4n) is 10.7. The lowest BCUT2D eigenvalue weighted by Crippen LogP contribution is -2.66. The Kier molecular flexibility index (Phi) is 37.9. The van der Waals surface area contributed by atoms with Gasteiger partial charge in [-0.1, -0.05) is 206 Å². The normalized spacial score (nSPS) is 30.9. The van der Waals surface area contributed by atoms with Crippen molar-refractivity contribution < 1.29 is 89.4 Å². The lowest BCUT2D eigenvalue weighted by molar-refractivity contribution is -0.379. The van der Waals surface area contributed by atoms with Crippen molar-refractivity contribution in [3.05, 3.63) is 0 Å². The molecular weight excluding hydrogens is 987 g/mol. The third kappa shape index (κ3) is 25.7. The van der Waals surface area contributed by atoms with Crippen molar-refractivity contribution in [2.75, 3.05) is 26.4 Å². The number of carbonyl (C=O) groups excluding carboxylic acids is 1. The highest BCUT2D eigenvalue weighted by molar-refractivity contribution is 5.76. The first-order valence-corrected chi connectivity index (χ1v) is 30.3. The first-order valence-electron chi connectivity index (χ1n) is 30.3. The Bertz CT molecular complexity index is 1400. The van der Waals surface area contributed by atoms with Gasteiger partial charge < -0.3 is 89.9 Å². The lowest BCUT2D eigenvalue weighted by atomic mass is 9.96. The molecule has 3 rings (SSSR count). The maximum absolute atomic E-state index is 13.3. The van der Waals surface area contributed by atoms with Crippen molar-refractivity contribution in [3.8, 4) is 0 Å². The van der Waals surface area contributed by atoms with Gasteiger partial charge in [0, 0.05) is 6.42 Å². The van der Waals surface area contributed by atoms with Gasteiger partial charge in [-0.15, -0.1) is 0 Å². The van der Waals surface area contributed by atoms with E-state index >= 15 is 0 Å². The van der Waals surface area contributed by atoms with Gasteiger partial charge in [-0.25, -0.2) is 0 Å². The molecule has 0 aromatic heterocycles. The number of amides is 1. The van der Waals surface area contributed by atoms with E-state index in [0.29, 0.717) is 12.8 Å². The minimum absolute atomic E-state index is 0.242. The summed E-state index contributed by atoms with van der Waals surface area (Å²) in [6.07, 6.45) is 12.3. The lowest BCUT2D eigenvalue weighted by Gasteiger charge is -2.48. The SMILES string of the molecule is CCCCCCCCCCCCCCCCCCCCCCCCCC(=O)NC(COC1OC(CO)C(OC2OC(CO)C(OC3OC(CO)C(O)C(O)C3O)C(O)C2O)C(O)C1O)C(O)CCCCCCCCCC. The Morgan fingerprint density at radius 3 is 1.14 bits per heavy atom. The van der Waals surface area contributed by atoms with E-state index in [1.807, 2.05) is 0 Å². The largest absolute Gasteiger partial charge is 0.394 e. The first kappa shape index (κ1) is 69.1. The van der Waals surface area contributed by atoms with Crippen LogP contribution in [0.25, 0.3) is 0 Å². The van der Waals surface area contributed by atoms with Crippen LogP contribution < -0.4 is 5.32 Å². The number of ether oxygens (including phenoxy) is 6. The van der Waals surface area contributed by atoms with Crippen LogP contribution >= 0.6 is 0 Å². The molecule has 0 aromatic carbocycles. The minimum atomic E-state index is -1.97. The summed E-state index contributed by atoms with van der Waals surface area (Å²) in [7, 11) is 0. The van der Waals surface area contributed by atoms with Crippen LogP contribution in [0.4, 0.5) is 0 Å². The molecule has 19 nitrogen and oxygen atoms in total. The molecule has 3 aliphatic rings. The number of aliphatic hydroxyl groups is 11. The number of hydrogen-bond acceptors (Lipinski definition) is 18. The maximum Gasteiger partial charge on any atom is 0.220 e. The number of carbonyl (C=O) groups is 1. The van der Waals surface area contributed by atoms with Gasteiger partial charge in [-0.05, 0) is 12.8 Å². The zero-order valence-corrected chi connectivity index (χ0v) is 46.8. The summed E-state index contributed by atoms with van der Waals surface area (Å²) in [6, 6.07) is -0.878. The molecule has 3 saturated heterocycles. The van der Waals surface area contributed by atoms with Gasteiger partial charge in [-0.3, -0.25) is 4.79 Å². The second-order valence-corrected chi connectivity index (χ2v) is 22.2. The average molecular weight is 1100 g/mol. The third-order valence-electron chi connectivity index (χ3n) is 15.7. The highest BCUT2D eigenvalue weighted by atomic mass is 16.8. The van der Waals surface area contributed by atoms with E-state index < -0.39 is 124 Å². The minimum Gasteiger partial charge on any atom is -0.394 e. The average Bonchev–Trinajstić information content (AvgIpc) is 3.42.